The SMILES string of the molecule is COc1cc(N)ccc1SCC(=O)NC(C)C. The van der Waals surface area contributed by atoms with Crippen LogP contribution in [0.4, 0.5) is 5.69 Å². The van der Waals surface area contributed by atoms with E-state index in [2.05, 4.69) is 5.32 Å². The number of rotatable bonds is 5. The normalized spacial score (nSPS) is 10.4. The maximum absolute atomic E-state index is 11.5. The van der Waals surface area contributed by atoms with Crippen molar-refractivity contribution in [3.63, 3.8) is 0 Å². The van der Waals surface area contributed by atoms with Crippen molar-refractivity contribution in [3.8, 4) is 5.75 Å². The summed E-state index contributed by atoms with van der Waals surface area (Å²) in [4.78, 5) is 12.4. The van der Waals surface area contributed by atoms with Crippen molar-refractivity contribution in [2.24, 2.45) is 0 Å². The van der Waals surface area contributed by atoms with Gasteiger partial charge < -0.3 is 15.8 Å². The lowest BCUT2D eigenvalue weighted by Gasteiger charge is -2.10. The van der Waals surface area contributed by atoms with Gasteiger partial charge in [-0.2, -0.15) is 0 Å². The molecule has 0 aliphatic heterocycles. The molecule has 5 heteroatoms. The van der Waals surface area contributed by atoms with Gasteiger partial charge in [-0.3, -0.25) is 4.79 Å². The molecule has 0 unspecified atom stereocenters. The fourth-order valence-corrected chi connectivity index (χ4v) is 2.13. The first kappa shape index (κ1) is 13.7. The van der Waals surface area contributed by atoms with E-state index < -0.39 is 0 Å². The Morgan fingerprint density at radius 2 is 2.24 bits per heavy atom. The van der Waals surface area contributed by atoms with Crippen molar-refractivity contribution in [3.05, 3.63) is 18.2 Å². The average molecular weight is 254 g/mol. The van der Waals surface area contributed by atoms with Crippen LogP contribution in [0.5, 0.6) is 5.75 Å². The molecule has 0 bridgehead atoms. The van der Waals surface area contributed by atoms with Gasteiger partial charge in [0.05, 0.1) is 12.9 Å². The molecule has 17 heavy (non-hydrogen) atoms. The van der Waals surface area contributed by atoms with E-state index in [9.17, 15) is 4.79 Å². The second-order valence-electron chi connectivity index (χ2n) is 3.92. The number of benzene rings is 1. The van der Waals surface area contributed by atoms with Gasteiger partial charge in [-0.15, -0.1) is 11.8 Å². The molecule has 1 amide bonds. The molecule has 0 spiro atoms. The summed E-state index contributed by atoms with van der Waals surface area (Å²) in [7, 11) is 1.59. The van der Waals surface area contributed by atoms with E-state index in [-0.39, 0.29) is 11.9 Å². The predicted octanol–water partition coefficient (Wildman–Crippen LogP) is 1.89. The first-order chi connectivity index (χ1) is 8.02. The quantitative estimate of drug-likeness (QED) is 0.622. The lowest BCUT2D eigenvalue weighted by Crippen LogP contribution is -2.31. The Labute approximate surface area is 106 Å². The lowest BCUT2D eigenvalue weighted by molar-refractivity contribution is -0.119. The summed E-state index contributed by atoms with van der Waals surface area (Å²) in [6, 6.07) is 5.58. The van der Waals surface area contributed by atoms with Gasteiger partial charge in [0.15, 0.2) is 0 Å². The monoisotopic (exact) mass is 254 g/mol. The van der Waals surface area contributed by atoms with Crippen LogP contribution in [0.2, 0.25) is 0 Å². The van der Waals surface area contributed by atoms with Crippen LogP contribution < -0.4 is 15.8 Å². The van der Waals surface area contributed by atoms with Gasteiger partial charge in [-0.25, -0.2) is 0 Å². The van der Waals surface area contributed by atoms with E-state index >= 15 is 0 Å². The van der Waals surface area contributed by atoms with Gasteiger partial charge >= 0.3 is 0 Å². The minimum atomic E-state index is 0.0175. The molecule has 0 saturated heterocycles. The molecule has 1 aromatic rings. The molecule has 3 N–H and O–H groups in total. The highest BCUT2D eigenvalue weighted by atomic mass is 32.2. The Kier molecular flexibility index (Phi) is 5.15. The van der Waals surface area contributed by atoms with Gasteiger partial charge in [0.25, 0.3) is 0 Å². The number of amides is 1. The number of nitrogen functional groups attached to an aromatic ring is 1. The largest absolute Gasteiger partial charge is 0.496 e. The Bertz CT molecular complexity index is 394. The van der Waals surface area contributed by atoms with E-state index in [1.54, 1.807) is 19.2 Å². The van der Waals surface area contributed by atoms with Crippen LogP contribution in [-0.4, -0.2) is 24.8 Å². The van der Waals surface area contributed by atoms with Gasteiger partial charge in [-0.05, 0) is 26.0 Å². The molecule has 94 valence electrons. The molecule has 0 heterocycles. The molecule has 1 rings (SSSR count). The van der Waals surface area contributed by atoms with Crippen LogP contribution in [-0.2, 0) is 4.79 Å². The van der Waals surface area contributed by atoms with Crippen LogP contribution in [0.3, 0.4) is 0 Å². The van der Waals surface area contributed by atoms with Crippen molar-refractivity contribution in [1.82, 2.24) is 5.32 Å². The number of nitrogens with one attached hydrogen (secondary N) is 1. The fourth-order valence-electron chi connectivity index (χ4n) is 1.31. The molecule has 1 aromatic carbocycles. The number of hydrogen-bond donors (Lipinski definition) is 2. The van der Waals surface area contributed by atoms with Crippen LogP contribution in [0.15, 0.2) is 23.1 Å². The number of hydrogen-bond acceptors (Lipinski definition) is 4. The summed E-state index contributed by atoms with van der Waals surface area (Å²) in [6.07, 6.45) is 0. The van der Waals surface area contributed by atoms with E-state index in [4.69, 9.17) is 10.5 Å². The topological polar surface area (TPSA) is 64.3 Å². The van der Waals surface area contributed by atoms with E-state index in [0.717, 1.165) is 4.90 Å². The molecule has 0 aliphatic rings. The zero-order chi connectivity index (χ0) is 12.8. The molecule has 4 nitrogen and oxygen atoms in total. The lowest BCUT2D eigenvalue weighted by atomic mass is 10.3. The predicted molar refractivity (Wildman–Crippen MR) is 71.4 cm³/mol. The summed E-state index contributed by atoms with van der Waals surface area (Å²) in [5.41, 5.74) is 6.31. The van der Waals surface area contributed by atoms with Gasteiger partial charge in [0.2, 0.25) is 5.91 Å². The number of carbonyl (C=O) groups is 1. The van der Waals surface area contributed by atoms with Gasteiger partial charge in [0.1, 0.15) is 5.75 Å². The first-order valence-corrected chi connectivity index (χ1v) is 6.37. The number of ether oxygens (including phenoxy) is 1. The summed E-state index contributed by atoms with van der Waals surface area (Å²) in [5, 5.41) is 2.84. The summed E-state index contributed by atoms with van der Waals surface area (Å²) < 4.78 is 5.21. The van der Waals surface area contributed by atoms with E-state index in [0.29, 0.717) is 17.2 Å². The smallest absolute Gasteiger partial charge is 0.230 e. The second kappa shape index (κ2) is 6.39. The standard InChI is InChI=1S/C12H18N2O2S/c1-8(2)14-12(15)7-17-11-5-4-9(13)6-10(11)16-3/h4-6,8H,7,13H2,1-3H3,(H,14,15). The fraction of sp³-hybridized carbons (Fsp3) is 0.417. The van der Waals surface area contributed by atoms with E-state index in [1.165, 1.54) is 11.8 Å². The van der Waals surface area contributed by atoms with Crippen molar-refractivity contribution >= 4 is 23.4 Å². The van der Waals surface area contributed by atoms with Crippen LogP contribution >= 0.6 is 11.8 Å². The third kappa shape index (κ3) is 4.56. The molecular formula is C12H18N2O2S. The Balaban J connectivity index is 2.60. The highest BCUT2D eigenvalue weighted by molar-refractivity contribution is 8.00. The zero-order valence-electron chi connectivity index (χ0n) is 10.3. The summed E-state index contributed by atoms with van der Waals surface area (Å²) in [5.74, 6) is 1.09. The third-order valence-electron chi connectivity index (χ3n) is 2.00. The number of methoxy groups -OCH3 is 1. The van der Waals surface area contributed by atoms with E-state index in [1.807, 2.05) is 19.9 Å². The van der Waals surface area contributed by atoms with Crippen LogP contribution in [0.1, 0.15) is 13.8 Å². The number of thioether (sulfide) groups is 1. The molecule has 0 radical (unpaired) electrons. The molecule has 0 saturated carbocycles. The van der Waals surface area contributed by atoms with Crippen molar-refractivity contribution in [1.29, 1.82) is 0 Å². The van der Waals surface area contributed by atoms with Gasteiger partial charge in [0, 0.05) is 22.7 Å². The average Bonchev–Trinajstić information content (AvgIpc) is 2.26. The molecule has 0 atom stereocenters. The Morgan fingerprint density at radius 1 is 1.53 bits per heavy atom. The zero-order valence-corrected chi connectivity index (χ0v) is 11.1. The molecule has 0 fully saturated rings. The Hall–Kier alpha value is -1.36. The van der Waals surface area contributed by atoms with Crippen LogP contribution in [0, 0.1) is 0 Å². The highest BCUT2D eigenvalue weighted by Gasteiger charge is 2.08. The summed E-state index contributed by atoms with van der Waals surface area (Å²) in [6.45, 7) is 3.87. The number of anilines is 1. The number of carbonyl (C=O) groups excluding carboxylic acids is 1. The molecule has 0 aromatic heterocycles. The van der Waals surface area contributed by atoms with Gasteiger partial charge in [-0.1, -0.05) is 0 Å². The van der Waals surface area contributed by atoms with Crippen molar-refractivity contribution < 1.29 is 9.53 Å². The maximum Gasteiger partial charge on any atom is 0.230 e. The van der Waals surface area contributed by atoms with Crippen molar-refractivity contribution in [2.75, 3.05) is 18.6 Å². The second-order valence-corrected chi connectivity index (χ2v) is 4.94. The third-order valence-corrected chi connectivity index (χ3v) is 3.05. The first-order valence-electron chi connectivity index (χ1n) is 5.38. The molecular weight excluding hydrogens is 236 g/mol. The minimum absolute atomic E-state index is 0.0175. The maximum atomic E-state index is 11.5. The van der Waals surface area contributed by atoms with Crippen LogP contribution in [0.25, 0.3) is 0 Å². The summed E-state index contributed by atoms with van der Waals surface area (Å²) >= 11 is 1.44. The molecule has 0 aliphatic carbocycles. The Morgan fingerprint density at radius 3 is 2.82 bits per heavy atom. The highest BCUT2D eigenvalue weighted by Crippen LogP contribution is 2.30. The number of nitrogens with two attached hydrogens (primary N) is 1. The van der Waals surface area contributed by atoms with Crippen molar-refractivity contribution in [2.45, 2.75) is 24.8 Å². The minimum Gasteiger partial charge on any atom is -0.496 e.